The molecule has 6 aromatic rings. The monoisotopic (exact) mass is 876 g/mol. The zero-order valence-corrected chi connectivity index (χ0v) is 33.7. The molecule has 0 aliphatic carbocycles. The van der Waals surface area contributed by atoms with E-state index in [2.05, 4.69) is 30.6 Å². The van der Waals surface area contributed by atoms with Crippen LogP contribution in [0.25, 0.3) is 22.5 Å². The topological polar surface area (TPSA) is 191 Å². The van der Waals surface area contributed by atoms with Crippen molar-refractivity contribution in [2.75, 3.05) is 7.05 Å². The number of carbonyl (C=O) groups is 1. The van der Waals surface area contributed by atoms with Gasteiger partial charge in [0.2, 0.25) is 20.6 Å². The summed E-state index contributed by atoms with van der Waals surface area (Å²) in [5, 5.41) is 17.2. The van der Waals surface area contributed by atoms with Gasteiger partial charge in [0.05, 0.1) is 11.1 Å². The number of amides is 1. The molecule has 0 spiro atoms. The molecule has 0 aliphatic rings. The zero-order chi connectivity index (χ0) is 40.3. The van der Waals surface area contributed by atoms with E-state index < -0.39 is 72.5 Å². The molecule has 0 saturated heterocycles. The quantitative estimate of drug-likeness (QED) is 0.0963. The van der Waals surface area contributed by atoms with Gasteiger partial charge in [-0.05, 0) is 43.1 Å². The maximum atomic E-state index is 15.5. The van der Waals surface area contributed by atoms with Crippen LogP contribution >= 0.6 is 35.1 Å². The van der Waals surface area contributed by atoms with Crippen molar-refractivity contribution in [2.45, 2.75) is 48.5 Å². The molecular weight excluding hydrogens is 844 g/mol. The minimum absolute atomic E-state index is 0. The summed E-state index contributed by atoms with van der Waals surface area (Å²) in [6.45, 7) is 5.37. The number of rotatable bonds is 11. The van der Waals surface area contributed by atoms with E-state index in [9.17, 15) is 34.8 Å². The van der Waals surface area contributed by atoms with Gasteiger partial charge in [-0.1, -0.05) is 20.8 Å². The molecule has 0 radical (unpaired) electrons. The highest BCUT2D eigenvalue weighted by atomic mass is 35.5. The summed E-state index contributed by atoms with van der Waals surface area (Å²) in [5.41, 5.74) is -2.12. The fraction of sp³-hybridized carbons (Fsp3) is 0.242. The van der Waals surface area contributed by atoms with Crippen LogP contribution < -0.4 is 10.6 Å². The van der Waals surface area contributed by atoms with E-state index in [0.29, 0.717) is 7.94 Å². The maximum Gasteiger partial charge on any atom is 0.404 e. The van der Waals surface area contributed by atoms with E-state index in [1.165, 1.54) is 53.6 Å². The summed E-state index contributed by atoms with van der Waals surface area (Å²) in [4.78, 5) is 25.7. The Bertz CT molecular complexity index is 2530. The summed E-state index contributed by atoms with van der Waals surface area (Å²) in [7, 11) is -6.89. The average molecular weight is 877 g/mol. The van der Waals surface area contributed by atoms with Crippen LogP contribution in [0.5, 0.6) is 0 Å². The van der Waals surface area contributed by atoms with E-state index in [1.54, 1.807) is 27.8 Å². The number of hydrogen-bond donors (Lipinski definition) is 3. The molecule has 56 heavy (non-hydrogen) atoms. The minimum atomic E-state index is -4.33. The zero-order valence-electron chi connectivity index (χ0n) is 29.6. The molecule has 0 aromatic carbocycles. The Morgan fingerprint density at radius 3 is 1.61 bits per heavy atom. The van der Waals surface area contributed by atoms with Crippen LogP contribution in [0.15, 0.2) is 80.9 Å². The third-order valence-corrected chi connectivity index (χ3v) is 13.6. The van der Waals surface area contributed by atoms with Gasteiger partial charge in [0.1, 0.15) is 11.4 Å². The Hall–Kier alpha value is -4.74. The average Bonchev–Trinajstić information content (AvgIpc) is 3.95. The number of carboxylic acid groups (broad SMARTS) is 1. The first-order chi connectivity index (χ1) is 25.9. The SMILES string of the molecule is CC(C)(C)C(Cc1cn(S(=O)(=O)c2nccs2)c(-c2cccnc2F)c1F)NC(=O)O.CNCc1cn(S(=O)(=O)c2nccs2)c(-c2cccnc2F)c1F.Cl. The van der Waals surface area contributed by atoms with Crippen molar-refractivity contribution in [3.05, 3.63) is 107 Å². The van der Waals surface area contributed by atoms with E-state index in [1.807, 2.05) is 0 Å². The first-order valence-corrected chi connectivity index (χ1v) is 20.5. The molecule has 14 nitrogen and oxygen atoms in total. The van der Waals surface area contributed by atoms with Crippen molar-refractivity contribution in [3.63, 3.8) is 0 Å². The Kier molecular flexibility index (Phi) is 13.8. The van der Waals surface area contributed by atoms with Gasteiger partial charge < -0.3 is 15.7 Å². The second kappa shape index (κ2) is 17.6. The predicted molar refractivity (Wildman–Crippen MR) is 203 cm³/mol. The summed E-state index contributed by atoms with van der Waals surface area (Å²) in [6.07, 6.45) is 5.69. The molecule has 300 valence electrons. The molecule has 6 heterocycles. The molecule has 23 heteroatoms. The van der Waals surface area contributed by atoms with Crippen molar-refractivity contribution in [3.8, 4) is 22.5 Å². The smallest absolute Gasteiger partial charge is 0.404 e. The highest BCUT2D eigenvalue weighted by Gasteiger charge is 2.34. The minimum Gasteiger partial charge on any atom is -0.465 e. The van der Waals surface area contributed by atoms with Gasteiger partial charge >= 0.3 is 6.09 Å². The third kappa shape index (κ3) is 9.10. The van der Waals surface area contributed by atoms with Crippen molar-refractivity contribution < 1.29 is 44.3 Å². The number of thiazole rings is 2. The Labute approximate surface area is 332 Å². The number of hydrogen-bond acceptors (Lipinski definition) is 12. The van der Waals surface area contributed by atoms with Gasteiger partial charge in [-0.3, -0.25) is 0 Å². The number of halogens is 5. The van der Waals surface area contributed by atoms with Crippen LogP contribution in [0.3, 0.4) is 0 Å². The number of pyridine rings is 2. The predicted octanol–water partition coefficient (Wildman–Crippen LogP) is 6.41. The van der Waals surface area contributed by atoms with Crippen LogP contribution in [-0.2, 0) is 33.0 Å². The van der Waals surface area contributed by atoms with Gasteiger partial charge in [-0.2, -0.15) is 25.6 Å². The first-order valence-electron chi connectivity index (χ1n) is 15.8. The summed E-state index contributed by atoms with van der Waals surface area (Å²) < 4.78 is 111. The molecule has 0 saturated carbocycles. The van der Waals surface area contributed by atoms with Crippen LogP contribution in [0, 0.1) is 28.9 Å². The fourth-order valence-electron chi connectivity index (χ4n) is 5.24. The lowest BCUT2D eigenvalue weighted by Crippen LogP contribution is -2.44. The highest BCUT2D eigenvalue weighted by Crippen LogP contribution is 2.35. The lowest BCUT2D eigenvalue weighted by molar-refractivity contribution is 0.174. The van der Waals surface area contributed by atoms with Gasteiger partial charge in [-0.25, -0.2) is 41.5 Å². The van der Waals surface area contributed by atoms with E-state index in [4.69, 9.17) is 5.11 Å². The number of nitrogens with zero attached hydrogens (tertiary/aromatic N) is 6. The van der Waals surface area contributed by atoms with Gasteiger partial charge in [0.15, 0.2) is 11.6 Å². The van der Waals surface area contributed by atoms with Crippen molar-refractivity contribution >= 4 is 61.2 Å². The Morgan fingerprint density at radius 1 is 0.786 bits per heavy atom. The molecule has 0 aliphatic heterocycles. The third-order valence-electron chi connectivity index (χ3n) is 7.91. The van der Waals surface area contributed by atoms with Crippen molar-refractivity contribution in [1.82, 2.24) is 38.5 Å². The molecule has 1 unspecified atom stereocenters. The van der Waals surface area contributed by atoms with Gasteiger partial charge in [0.25, 0.3) is 20.0 Å². The largest absolute Gasteiger partial charge is 0.465 e. The lowest BCUT2D eigenvalue weighted by Gasteiger charge is -2.30. The summed E-state index contributed by atoms with van der Waals surface area (Å²) in [5.74, 6) is -3.80. The first kappa shape index (κ1) is 44.0. The molecule has 3 N–H and O–H groups in total. The summed E-state index contributed by atoms with van der Waals surface area (Å²) in [6, 6.07) is 4.51. The van der Waals surface area contributed by atoms with E-state index in [-0.39, 0.29) is 56.3 Å². The number of nitrogens with one attached hydrogen (secondary N) is 2. The molecule has 6 aromatic heterocycles. The van der Waals surface area contributed by atoms with Crippen molar-refractivity contribution in [2.24, 2.45) is 5.41 Å². The maximum absolute atomic E-state index is 15.5. The number of aromatic nitrogens is 6. The molecular formula is C33H33ClF4N8O6S4. The van der Waals surface area contributed by atoms with Crippen LogP contribution in [0.1, 0.15) is 31.9 Å². The Balaban J connectivity index is 0.000000252. The highest BCUT2D eigenvalue weighted by molar-refractivity contribution is 7.92. The normalized spacial score (nSPS) is 12.4. The molecule has 0 bridgehead atoms. The van der Waals surface area contributed by atoms with Crippen LogP contribution in [-0.4, -0.2) is 69.0 Å². The fourth-order valence-corrected chi connectivity index (χ4v) is 9.85. The second-order valence-corrected chi connectivity index (χ2v) is 18.4. The standard InChI is InChI=1S/C19H20F2N4O4S2.C14H12F2N4O2S2.ClH/c1-19(2,3)13(24-17(26)27)9-11-10-25(31(28,29)18-23-7-8-30-18)15(14(11)20)12-5-4-6-22-16(12)21;1-17-7-9-8-20(24(21,22)14-19-5-6-23-14)12(11(9)15)10-3-2-4-18-13(10)16;/h4-8,10,13,24H,9H2,1-3H3,(H,26,27);2-6,8,17H,7H2,1H3;1H. The Morgan fingerprint density at radius 2 is 1.23 bits per heavy atom. The molecule has 1 atom stereocenters. The van der Waals surface area contributed by atoms with Crippen molar-refractivity contribution in [1.29, 1.82) is 0 Å². The lowest BCUT2D eigenvalue weighted by atomic mass is 9.83. The van der Waals surface area contributed by atoms with E-state index in [0.717, 1.165) is 41.3 Å². The van der Waals surface area contributed by atoms with Crippen LogP contribution in [0.2, 0.25) is 0 Å². The van der Waals surface area contributed by atoms with Gasteiger partial charge in [-0.15, -0.1) is 35.1 Å². The van der Waals surface area contributed by atoms with Crippen LogP contribution in [0.4, 0.5) is 22.4 Å². The van der Waals surface area contributed by atoms with E-state index >= 15 is 4.39 Å². The second-order valence-electron chi connectivity index (χ2n) is 12.6. The van der Waals surface area contributed by atoms with Gasteiger partial charge in [0, 0.05) is 71.7 Å². The molecule has 0 fully saturated rings. The molecule has 6 rings (SSSR count). The molecule has 1 amide bonds. The summed E-state index contributed by atoms with van der Waals surface area (Å²) >= 11 is 1.73.